The molecule has 3 rings (SSSR count). The molecule has 0 unspecified atom stereocenters. The first-order valence-corrected chi connectivity index (χ1v) is 8.30. The summed E-state index contributed by atoms with van der Waals surface area (Å²) in [4.78, 5) is 23.9. The van der Waals surface area contributed by atoms with Gasteiger partial charge in [0.25, 0.3) is 0 Å². The van der Waals surface area contributed by atoms with E-state index in [9.17, 15) is 14.0 Å². The summed E-state index contributed by atoms with van der Waals surface area (Å²) in [5.41, 5.74) is 1.91. The largest absolute Gasteiger partial charge is 0.467 e. The molecule has 0 bridgehead atoms. The molecule has 0 saturated heterocycles. The summed E-state index contributed by atoms with van der Waals surface area (Å²) in [6, 6.07) is 15.7. The number of carbonyl (C=O) groups is 2. The Labute approximate surface area is 155 Å². The van der Waals surface area contributed by atoms with E-state index in [1.54, 1.807) is 48.5 Å². The zero-order chi connectivity index (χ0) is 19.1. The van der Waals surface area contributed by atoms with E-state index in [4.69, 9.17) is 4.42 Å². The van der Waals surface area contributed by atoms with Crippen LogP contribution in [0.15, 0.2) is 71.3 Å². The van der Waals surface area contributed by atoms with Crippen molar-refractivity contribution in [1.29, 1.82) is 0 Å². The number of halogens is 1. The predicted octanol–water partition coefficient (Wildman–Crippen LogP) is 3.92. The summed E-state index contributed by atoms with van der Waals surface area (Å²) in [6.07, 6.45) is 1.69. The molecule has 0 atom stereocenters. The molecule has 3 amide bonds. The normalized spacial score (nSPS) is 10.3. The van der Waals surface area contributed by atoms with E-state index < -0.39 is 0 Å². The van der Waals surface area contributed by atoms with Gasteiger partial charge in [-0.15, -0.1) is 0 Å². The molecule has 27 heavy (non-hydrogen) atoms. The van der Waals surface area contributed by atoms with Crippen molar-refractivity contribution in [2.75, 3.05) is 10.6 Å². The van der Waals surface area contributed by atoms with Crippen molar-refractivity contribution in [2.24, 2.45) is 0 Å². The highest BCUT2D eigenvalue weighted by atomic mass is 19.1. The third-order valence-corrected chi connectivity index (χ3v) is 3.71. The molecule has 7 heteroatoms. The molecule has 3 aromatic rings. The fourth-order valence-electron chi connectivity index (χ4n) is 2.39. The first-order valence-electron chi connectivity index (χ1n) is 8.30. The Hall–Kier alpha value is -3.61. The van der Waals surface area contributed by atoms with Gasteiger partial charge in [-0.2, -0.15) is 0 Å². The van der Waals surface area contributed by atoms with Gasteiger partial charge in [-0.3, -0.25) is 4.79 Å². The molecule has 0 radical (unpaired) electrons. The van der Waals surface area contributed by atoms with Gasteiger partial charge in [0.2, 0.25) is 5.91 Å². The van der Waals surface area contributed by atoms with Crippen LogP contribution in [0.25, 0.3) is 0 Å². The van der Waals surface area contributed by atoms with Gasteiger partial charge in [-0.25, -0.2) is 9.18 Å². The fourth-order valence-corrected chi connectivity index (χ4v) is 2.39. The van der Waals surface area contributed by atoms with Crippen LogP contribution in [-0.2, 0) is 17.8 Å². The Bertz CT molecular complexity index is 891. The number of hydrogen-bond acceptors (Lipinski definition) is 3. The number of hydrogen-bond donors (Lipinski definition) is 3. The van der Waals surface area contributed by atoms with Crippen molar-refractivity contribution in [2.45, 2.75) is 13.0 Å². The van der Waals surface area contributed by atoms with Crippen LogP contribution < -0.4 is 16.0 Å². The maximum Gasteiger partial charge on any atom is 0.319 e. The maximum atomic E-state index is 12.9. The first kappa shape index (κ1) is 18.2. The number of anilines is 2. The molecular formula is C20H18FN3O3. The summed E-state index contributed by atoms with van der Waals surface area (Å²) >= 11 is 0. The molecule has 0 spiro atoms. The van der Waals surface area contributed by atoms with Crippen LogP contribution >= 0.6 is 0 Å². The minimum Gasteiger partial charge on any atom is -0.467 e. The molecule has 0 saturated carbocycles. The maximum absolute atomic E-state index is 12.9. The molecule has 6 nitrogen and oxygen atoms in total. The second-order valence-corrected chi connectivity index (χ2v) is 5.82. The molecule has 2 aromatic carbocycles. The van der Waals surface area contributed by atoms with Gasteiger partial charge in [0.05, 0.1) is 19.2 Å². The lowest BCUT2D eigenvalue weighted by Crippen LogP contribution is -2.27. The van der Waals surface area contributed by atoms with E-state index in [-0.39, 0.29) is 30.7 Å². The van der Waals surface area contributed by atoms with Gasteiger partial charge < -0.3 is 20.4 Å². The average molecular weight is 367 g/mol. The van der Waals surface area contributed by atoms with Gasteiger partial charge in [-0.05, 0) is 54.1 Å². The Morgan fingerprint density at radius 2 is 1.56 bits per heavy atom. The standard InChI is InChI=1S/C20H18FN3O3/c21-15-5-3-14(4-6-15)12-19(25)23-16-7-9-17(10-8-16)24-20(26)22-13-18-2-1-11-27-18/h1-11H,12-13H2,(H,23,25)(H2,22,24,26). The van der Waals surface area contributed by atoms with Crippen LogP contribution in [0.4, 0.5) is 20.6 Å². The molecule has 0 aliphatic rings. The van der Waals surface area contributed by atoms with Crippen LogP contribution in [0, 0.1) is 5.82 Å². The van der Waals surface area contributed by atoms with Crippen molar-refractivity contribution in [3.8, 4) is 0 Å². The van der Waals surface area contributed by atoms with Gasteiger partial charge in [0.15, 0.2) is 0 Å². The van der Waals surface area contributed by atoms with Gasteiger partial charge >= 0.3 is 6.03 Å². The van der Waals surface area contributed by atoms with E-state index >= 15 is 0 Å². The molecule has 138 valence electrons. The molecule has 3 N–H and O–H groups in total. The minimum absolute atomic E-state index is 0.148. The van der Waals surface area contributed by atoms with Crippen LogP contribution in [-0.4, -0.2) is 11.9 Å². The highest BCUT2D eigenvalue weighted by Gasteiger charge is 2.06. The third kappa shape index (κ3) is 5.71. The minimum atomic E-state index is -0.362. The Morgan fingerprint density at radius 1 is 0.889 bits per heavy atom. The molecule has 0 aliphatic heterocycles. The average Bonchev–Trinajstić information content (AvgIpc) is 3.17. The van der Waals surface area contributed by atoms with Crippen molar-refractivity contribution in [1.82, 2.24) is 5.32 Å². The van der Waals surface area contributed by atoms with Gasteiger partial charge in [-0.1, -0.05) is 12.1 Å². The van der Waals surface area contributed by atoms with Crippen molar-refractivity contribution < 1.29 is 18.4 Å². The molecule has 1 aromatic heterocycles. The molecule has 1 heterocycles. The number of benzene rings is 2. The second kappa shape index (κ2) is 8.66. The van der Waals surface area contributed by atoms with E-state index in [1.807, 2.05) is 0 Å². The quantitative estimate of drug-likeness (QED) is 0.617. The molecular weight excluding hydrogens is 349 g/mol. The number of urea groups is 1. The van der Waals surface area contributed by atoms with Crippen LogP contribution in [0.1, 0.15) is 11.3 Å². The Morgan fingerprint density at radius 3 is 2.19 bits per heavy atom. The lowest BCUT2D eigenvalue weighted by Gasteiger charge is -2.09. The van der Waals surface area contributed by atoms with E-state index in [1.165, 1.54) is 18.4 Å². The highest BCUT2D eigenvalue weighted by Crippen LogP contribution is 2.14. The summed E-state index contributed by atoms with van der Waals surface area (Å²) in [6.45, 7) is 0.288. The van der Waals surface area contributed by atoms with Gasteiger partial charge in [0, 0.05) is 11.4 Å². The zero-order valence-electron chi connectivity index (χ0n) is 14.4. The molecule has 0 fully saturated rings. The number of nitrogens with one attached hydrogen (secondary N) is 3. The van der Waals surface area contributed by atoms with Gasteiger partial charge in [0.1, 0.15) is 11.6 Å². The number of amides is 3. The monoisotopic (exact) mass is 367 g/mol. The fraction of sp³-hybridized carbons (Fsp3) is 0.100. The lowest BCUT2D eigenvalue weighted by atomic mass is 10.1. The number of rotatable bonds is 6. The number of furan rings is 1. The van der Waals surface area contributed by atoms with Crippen LogP contribution in [0.3, 0.4) is 0 Å². The summed E-state index contributed by atoms with van der Waals surface area (Å²) in [5.74, 6) is 0.110. The zero-order valence-corrected chi connectivity index (χ0v) is 14.4. The van der Waals surface area contributed by atoms with Crippen LogP contribution in [0.5, 0.6) is 0 Å². The summed E-state index contributed by atoms with van der Waals surface area (Å²) in [7, 11) is 0. The predicted molar refractivity (Wildman–Crippen MR) is 99.7 cm³/mol. The molecule has 0 aliphatic carbocycles. The van der Waals surface area contributed by atoms with Crippen molar-refractivity contribution >= 4 is 23.3 Å². The van der Waals surface area contributed by atoms with Crippen molar-refractivity contribution in [3.63, 3.8) is 0 Å². The van der Waals surface area contributed by atoms with Crippen molar-refractivity contribution in [3.05, 3.63) is 84.1 Å². The number of carbonyl (C=O) groups excluding carboxylic acids is 2. The lowest BCUT2D eigenvalue weighted by molar-refractivity contribution is -0.115. The Balaban J connectivity index is 1.47. The topological polar surface area (TPSA) is 83.4 Å². The smallest absolute Gasteiger partial charge is 0.319 e. The third-order valence-electron chi connectivity index (χ3n) is 3.71. The highest BCUT2D eigenvalue weighted by molar-refractivity contribution is 5.93. The summed E-state index contributed by atoms with van der Waals surface area (Å²) in [5, 5.41) is 8.12. The van der Waals surface area contributed by atoms with Crippen LogP contribution in [0.2, 0.25) is 0 Å². The Kier molecular flexibility index (Phi) is 5.84. The SMILES string of the molecule is O=C(Cc1ccc(F)cc1)Nc1ccc(NC(=O)NCc2ccco2)cc1. The van der Waals surface area contributed by atoms with E-state index in [2.05, 4.69) is 16.0 Å². The second-order valence-electron chi connectivity index (χ2n) is 5.82. The van der Waals surface area contributed by atoms with E-state index in [0.717, 1.165) is 5.56 Å². The first-order chi connectivity index (χ1) is 13.1. The summed E-state index contributed by atoms with van der Waals surface area (Å²) < 4.78 is 18.0. The van der Waals surface area contributed by atoms with E-state index in [0.29, 0.717) is 17.1 Å².